The predicted octanol–water partition coefficient (Wildman–Crippen LogP) is 2.41. The summed E-state index contributed by atoms with van der Waals surface area (Å²) in [6.45, 7) is 6.90. The first-order chi connectivity index (χ1) is 10.8. The van der Waals surface area contributed by atoms with E-state index in [0.717, 1.165) is 11.1 Å². The van der Waals surface area contributed by atoms with Crippen molar-refractivity contribution < 1.29 is 45.4 Å². The van der Waals surface area contributed by atoms with Crippen LogP contribution in [0.3, 0.4) is 0 Å². The molecule has 2 aromatic rings. The molecule has 0 amide bonds. The Kier molecular flexibility index (Phi) is 8.60. The normalized spacial score (nSPS) is 11.1. The van der Waals surface area contributed by atoms with E-state index in [0.29, 0.717) is 11.1 Å². The van der Waals surface area contributed by atoms with Crippen LogP contribution in [0, 0.1) is 27.7 Å². The fourth-order valence-electron chi connectivity index (χ4n) is 2.16. The second kappa shape index (κ2) is 9.01. The van der Waals surface area contributed by atoms with E-state index in [1.165, 1.54) is 12.1 Å². The molecule has 6 nitrogen and oxygen atoms in total. The van der Waals surface area contributed by atoms with Crippen LogP contribution in [0.15, 0.2) is 46.2 Å². The minimum atomic E-state index is -4.30. The van der Waals surface area contributed by atoms with Crippen molar-refractivity contribution in [2.75, 3.05) is 0 Å². The zero-order valence-electron chi connectivity index (χ0n) is 14.4. The van der Waals surface area contributed by atoms with Crippen LogP contribution in [0.2, 0.25) is 0 Å². The molecule has 0 aliphatic carbocycles. The fraction of sp³-hybridized carbons (Fsp3) is 0.250. The Labute approximate surface area is 161 Å². The van der Waals surface area contributed by atoms with Crippen molar-refractivity contribution in [1.29, 1.82) is 0 Å². The third-order valence-electron chi connectivity index (χ3n) is 3.20. The van der Waals surface area contributed by atoms with Gasteiger partial charge in [-0.05, 0) is 51.0 Å². The molecule has 0 saturated heterocycles. The van der Waals surface area contributed by atoms with Crippen molar-refractivity contribution in [3.05, 3.63) is 58.7 Å². The van der Waals surface area contributed by atoms with Crippen molar-refractivity contribution in [1.82, 2.24) is 0 Å². The summed E-state index contributed by atoms with van der Waals surface area (Å²) in [5.41, 5.74) is 2.90. The molecule has 0 spiro atoms. The second-order valence-corrected chi connectivity index (χ2v) is 8.14. The standard InChI is InChI=1S/2C8H10O3S.Zn/c2*1-6-3-4-8(7(2)5-6)12(9,10)11;/h2*3-5H,1-2H3,(H,9,10,11);/q;;+2/p-2. The zero-order valence-corrected chi connectivity index (χ0v) is 19.0. The molecule has 0 N–H and O–H groups in total. The first kappa shape index (κ1) is 23.9. The van der Waals surface area contributed by atoms with E-state index >= 15 is 0 Å². The molecule has 0 unspecified atom stereocenters. The monoisotopic (exact) mass is 434 g/mol. The Morgan fingerprint density at radius 2 is 0.920 bits per heavy atom. The first-order valence-electron chi connectivity index (χ1n) is 6.88. The summed E-state index contributed by atoms with van der Waals surface area (Å²) in [4.78, 5) is -0.263. The third kappa shape index (κ3) is 7.34. The minimum absolute atomic E-state index is 0. The molecule has 9 heteroatoms. The second-order valence-electron chi connectivity index (χ2n) is 5.45. The molecule has 2 aromatic carbocycles. The van der Waals surface area contributed by atoms with Crippen molar-refractivity contribution in [2.24, 2.45) is 0 Å². The van der Waals surface area contributed by atoms with E-state index in [-0.39, 0.29) is 29.3 Å². The quantitative estimate of drug-likeness (QED) is 0.528. The summed E-state index contributed by atoms with van der Waals surface area (Å²) < 4.78 is 63.7. The Morgan fingerprint density at radius 1 is 0.640 bits per heavy atom. The summed E-state index contributed by atoms with van der Waals surface area (Å²) in [6, 6.07) is 9.24. The molecular weight excluding hydrogens is 418 g/mol. The SMILES string of the molecule is Cc1ccc(S(=O)(=O)[O-])c(C)c1.Cc1ccc(S(=O)(=O)[O-])c(C)c1.[Zn+2]. The van der Waals surface area contributed by atoms with Crippen LogP contribution in [0.5, 0.6) is 0 Å². The van der Waals surface area contributed by atoms with E-state index in [4.69, 9.17) is 0 Å². The van der Waals surface area contributed by atoms with Crippen molar-refractivity contribution in [2.45, 2.75) is 37.5 Å². The Hall–Kier alpha value is -1.12. The van der Waals surface area contributed by atoms with Crippen molar-refractivity contribution in [3.63, 3.8) is 0 Å². The zero-order chi connectivity index (χ0) is 18.7. The molecule has 0 atom stereocenters. The van der Waals surface area contributed by atoms with E-state index in [1.54, 1.807) is 38.1 Å². The Balaban J connectivity index is 0.000000443. The molecule has 0 fully saturated rings. The van der Waals surface area contributed by atoms with E-state index in [1.807, 2.05) is 13.8 Å². The van der Waals surface area contributed by atoms with Gasteiger partial charge < -0.3 is 9.11 Å². The summed E-state index contributed by atoms with van der Waals surface area (Å²) in [5.74, 6) is 0. The number of hydrogen-bond acceptors (Lipinski definition) is 6. The molecule has 2 rings (SSSR count). The Bertz CT molecular complexity index is 871. The van der Waals surface area contributed by atoms with E-state index in [2.05, 4.69) is 0 Å². The maximum atomic E-state index is 10.6. The summed E-state index contributed by atoms with van der Waals surface area (Å²) in [5, 5.41) is 0. The fourth-order valence-corrected chi connectivity index (χ4v) is 3.54. The maximum absolute atomic E-state index is 10.6. The number of benzene rings is 2. The average molecular weight is 436 g/mol. The molecule has 0 aliphatic rings. The molecule has 0 aliphatic heterocycles. The van der Waals surface area contributed by atoms with E-state index < -0.39 is 20.2 Å². The van der Waals surface area contributed by atoms with Gasteiger partial charge in [0.25, 0.3) is 0 Å². The van der Waals surface area contributed by atoms with Crippen LogP contribution < -0.4 is 0 Å². The maximum Gasteiger partial charge on any atom is 2.00 e. The van der Waals surface area contributed by atoms with E-state index in [9.17, 15) is 25.9 Å². The van der Waals surface area contributed by atoms with Crippen LogP contribution in [-0.4, -0.2) is 25.9 Å². The molecule has 0 bridgehead atoms. The summed E-state index contributed by atoms with van der Waals surface area (Å²) in [7, 11) is -8.60. The third-order valence-corrected chi connectivity index (χ3v) is 5.19. The van der Waals surface area contributed by atoms with Crippen molar-refractivity contribution >= 4 is 20.2 Å². The van der Waals surface area contributed by atoms with Crippen LogP contribution in [0.4, 0.5) is 0 Å². The molecule has 0 saturated carbocycles. The number of hydrogen-bond donors (Lipinski definition) is 0. The largest absolute Gasteiger partial charge is 2.00 e. The molecule has 132 valence electrons. The molecule has 0 heterocycles. The van der Waals surface area contributed by atoms with Gasteiger partial charge in [0.05, 0.1) is 9.79 Å². The molecule has 0 aromatic heterocycles. The summed E-state index contributed by atoms with van der Waals surface area (Å²) >= 11 is 0. The smallest absolute Gasteiger partial charge is 0.744 e. The van der Waals surface area contributed by atoms with Gasteiger partial charge in [0.15, 0.2) is 0 Å². The van der Waals surface area contributed by atoms with Gasteiger partial charge in [-0.2, -0.15) is 0 Å². The predicted molar refractivity (Wildman–Crippen MR) is 87.8 cm³/mol. The van der Waals surface area contributed by atoms with Gasteiger partial charge in [-0.25, -0.2) is 16.8 Å². The van der Waals surface area contributed by atoms with Crippen LogP contribution in [0.1, 0.15) is 22.3 Å². The Morgan fingerprint density at radius 3 is 1.12 bits per heavy atom. The molecular formula is C16H18O6S2Zn. The summed E-state index contributed by atoms with van der Waals surface area (Å²) in [6.07, 6.45) is 0. The van der Waals surface area contributed by atoms with Gasteiger partial charge in [-0.3, -0.25) is 0 Å². The minimum Gasteiger partial charge on any atom is -0.744 e. The average Bonchev–Trinajstić information content (AvgIpc) is 2.35. The van der Waals surface area contributed by atoms with Crippen LogP contribution in [0.25, 0.3) is 0 Å². The van der Waals surface area contributed by atoms with Crippen LogP contribution >= 0.6 is 0 Å². The molecule has 25 heavy (non-hydrogen) atoms. The van der Waals surface area contributed by atoms with Gasteiger partial charge in [-0.15, -0.1) is 0 Å². The van der Waals surface area contributed by atoms with Crippen LogP contribution in [-0.2, 0) is 39.7 Å². The topological polar surface area (TPSA) is 114 Å². The van der Waals surface area contributed by atoms with Gasteiger partial charge in [0, 0.05) is 0 Å². The van der Waals surface area contributed by atoms with Gasteiger partial charge >= 0.3 is 19.5 Å². The number of aryl methyl sites for hydroxylation is 4. The number of rotatable bonds is 2. The van der Waals surface area contributed by atoms with Gasteiger partial charge in [0.2, 0.25) is 0 Å². The van der Waals surface area contributed by atoms with Crippen molar-refractivity contribution in [3.8, 4) is 0 Å². The first-order valence-corrected chi connectivity index (χ1v) is 9.70. The molecule has 0 radical (unpaired) electrons. The van der Waals surface area contributed by atoms with Gasteiger partial charge in [0.1, 0.15) is 20.2 Å². The van der Waals surface area contributed by atoms with Gasteiger partial charge in [-0.1, -0.05) is 35.4 Å².